The van der Waals surface area contributed by atoms with Crippen molar-refractivity contribution >= 4 is 17.0 Å². The van der Waals surface area contributed by atoms with Gasteiger partial charge in [0.15, 0.2) is 9.84 Å². The minimum absolute atomic E-state index is 0.00430. The zero-order valence-corrected chi connectivity index (χ0v) is 11.5. The lowest BCUT2D eigenvalue weighted by atomic mass is 9.87. The molecule has 1 aliphatic heterocycles. The molecule has 0 atom stereocenters. The molecule has 3 rings (SSSR count). The van der Waals surface area contributed by atoms with Gasteiger partial charge in [0.1, 0.15) is 11.5 Å². The smallest absolute Gasteiger partial charge is 0.523 e. The first-order valence-electron chi connectivity index (χ1n) is 6.35. The number of benzene rings is 2. The van der Waals surface area contributed by atoms with Crippen LogP contribution in [0.2, 0.25) is 6.32 Å². The zero-order valence-electron chi connectivity index (χ0n) is 10.7. The molecule has 0 fully saturated rings. The summed E-state index contributed by atoms with van der Waals surface area (Å²) < 4.78 is 35.4. The predicted octanol–water partition coefficient (Wildman–Crippen LogP) is 2.42. The second-order valence-electron chi connectivity index (χ2n) is 4.53. The Morgan fingerprint density at radius 1 is 0.850 bits per heavy atom. The van der Waals surface area contributed by atoms with E-state index in [4.69, 9.17) is 9.31 Å². The molecule has 0 saturated heterocycles. The van der Waals surface area contributed by atoms with E-state index in [-0.39, 0.29) is 5.75 Å². The molecular formula is C14H13BO4S. The summed E-state index contributed by atoms with van der Waals surface area (Å²) >= 11 is 0. The van der Waals surface area contributed by atoms with Crippen LogP contribution in [0, 0.1) is 0 Å². The molecule has 1 heterocycles. The van der Waals surface area contributed by atoms with Gasteiger partial charge in [0, 0.05) is 6.32 Å². The lowest BCUT2D eigenvalue weighted by Gasteiger charge is -2.06. The third kappa shape index (κ3) is 2.65. The summed E-state index contributed by atoms with van der Waals surface area (Å²) in [7, 11) is -3.83. The molecule has 0 spiro atoms. The summed E-state index contributed by atoms with van der Waals surface area (Å²) in [5.74, 6) is 1.32. The minimum atomic E-state index is -3.30. The Kier molecular flexibility index (Phi) is 3.40. The van der Waals surface area contributed by atoms with Gasteiger partial charge in [-0.3, -0.25) is 0 Å². The average Bonchev–Trinajstić information content (AvgIpc) is 2.89. The first-order chi connectivity index (χ1) is 9.65. The molecule has 0 radical (unpaired) electrons. The van der Waals surface area contributed by atoms with E-state index < -0.39 is 17.0 Å². The monoisotopic (exact) mass is 288 g/mol. The van der Waals surface area contributed by atoms with Gasteiger partial charge in [-0.25, -0.2) is 8.42 Å². The quantitative estimate of drug-likeness (QED) is 0.811. The van der Waals surface area contributed by atoms with Crippen molar-refractivity contribution in [2.24, 2.45) is 0 Å². The fourth-order valence-corrected chi connectivity index (χ4v) is 3.38. The highest BCUT2D eigenvalue weighted by molar-refractivity contribution is 7.91. The fourth-order valence-electron chi connectivity index (χ4n) is 2.07. The summed E-state index contributed by atoms with van der Waals surface area (Å²) in [4.78, 5) is 0.329. The number of hydrogen-bond acceptors (Lipinski definition) is 4. The van der Waals surface area contributed by atoms with Crippen molar-refractivity contribution < 1.29 is 17.7 Å². The maximum absolute atomic E-state index is 12.2. The highest BCUT2D eigenvalue weighted by Gasteiger charge is 2.33. The van der Waals surface area contributed by atoms with Gasteiger partial charge >= 0.3 is 7.12 Å². The van der Waals surface area contributed by atoms with E-state index in [1.54, 1.807) is 42.5 Å². The lowest BCUT2D eigenvalue weighted by Crippen LogP contribution is -2.27. The maximum Gasteiger partial charge on any atom is 0.595 e. The zero-order chi connectivity index (χ0) is 14.0. The van der Waals surface area contributed by atoms with Crippen molar-refractivity contribution in [1.82, 2.24) is 0 Å². The SMILES string of the molecule is O=S(=O)(CCB1Oc2ccccc2O1)c1ccccc1. The summed E-state index contributed by atoms with van der Waals surface area (Å²) in [6.07, 6.45) is 0.298. The van der Waals surface area contributed by atoms with E-state index in [0.717, 1.165) is 0 Å². The van der Waals surface area contributed by atoms with E-state index >= 15 is 0 Å². The highest BCUT2D eigenvalue weighted by atomic mass is 32.2. The van der Waals surface area contributed by atoms with E-state index in [1.165, 1.54) is 0 Å². The van der Waals surface area contributed by atoms with Crippen LogP contribution in [0.5, 0.6) is 11.5 Å². The molecule has 0 N–H and O–H groups in total. The number of rotatable bonds is 4. The molecule has 0 aromatic heterocycles. The van der Waals surface area contributed by atoms with Crippen molar-refractivity contribution in [3.05, 3.63) is 54.6 Å². The van der Waals surface area contributed by atoms with Gasteiger partial charge in [0.2, 0.25) is 0 Å². The third-order valence-electron chi connectivity index (χ3n) is 3.09. The average molecular weight is 288 g/mol. The normalized spacial score (nSPS) is 13.5. The van der Waals surface area contributed by atoms with Crippen molar-refractivity contribution in [1.29, 1.82) is 0 Å². The molecule has 4 nitrogen and oxygen atoms in total. The Labute approximate surface area is 118 Å². The van der Waals surface area contributed by atoms with Crippen LogP contribution in [0.25, 0.3) is 0 Å². The van der Waals surface area contributed by atoms with E-state index in [9.17, 15) is 8.42 Å². The van der Waals surface area contributed by atoms with Gasteiger partial charge in [-0.15, -0.1) is 0 Å². The molecule has 6 heteroatoms. The van der Waals surface area contributed by atoms with Crippen LogP contribution in [0.1, 0.15) is 0 Å². The van der Waals surface area contributed by atoms with Gasteiger partial charge in [0.05, 0.1) is 10.6 Å². The van der Waals surface area contributed by atoms with Crippen molar-refractivity contribution in [2.75, 3.05) is 5.75 Å². The van der Waals surface area contributed by atoms with Gasteiger partial charge in [-0.1, -0.05) is 30.3 Å². The minimum Gasteiger partial charge on any atom is -0.523 e. The molecule has 0 saturated carbocycles. The summed E-state index contributed by atoms with van der Waals surface area (Å²) in [6, 6.07) is 15.7. The standard InChI is InChI=1S/C14H13BO4S/c16-20(17,12-6-2-1-3-7-12)11-10-15-18-13-8-4-5-9-14(13)19-15/h1-9H,10-11H2. The first-order valence-corrected chi connectivity index (χ1v) is 8.00. The number of para-hydroxylation sites is 2. The summed E-state index contributed by atoms with van der Waals surface area (Å²) in [6.45, 7) is 0. The Bertz CT molecular complexity index is 675. The molecule has 0 aliphatic carbocycles. The lowest BCUT2D eigenvalue weighted by molar-refractivity contribution is 0.498. The number of hydrogen-bond donors (Lipinski definition) is 0. The van der Waals surface area contributed by atoms with E-state index in [0.29, 0.717) is 22.7 Å². The largest absolute Gasteiger partial charge is 0.595 e. The van der Waals surface area contributed by atoms with Crippen LogP contribution < -0.4 is 9.31 Å². The van der Waals surface area contributed by atoms with Crippen molar-refractivity contribution in [2.45, 2.75) is 11.2 Å². The highest BCUT2D eigenvalue weighted by Crippen LogP contribution is 2.33. The molecule has 102 valence electrons. The molecule has 0 bridgehead atoms. The predicted molar refractivity (Wildman–Crippen MR) is 76.8 cm³/mol. The van der Waals surface area contributed by atoms with Crippen LogP contribution in [0.4, 0.5) is 0 Å². The van der Waals surface area contributed by atoms with Crippen LogP contribution in [-0.4, -0.2) is 21.3 Å². The topological polar surface area (TPSA) is 52.6 Å². The molecule has 2 aromatic carbocycles. The van der Waals surface area contributed by atoms with Gasteiger partial charge in [-0.2, -0.15) is 0 Å². The Morgan fingerprint density at radius 2 is 1.40 bits per heavy atom. The molecule has 1 aliphatic rings. The van der Waals surface area contributed by atoms with Gasteiger partial charge in [-0.05, 0) is 24.3 Å². The Morgan fingerprint density at radius 3 is 2.00 bits per heavy atom. The third-order valence-corrected chi connectivity index (χ3v) is 4.85. The number of fused-ring (bicyclic) bond motifs is 1. The van der Waals surface area contributed by atoms with Crippen LogP contribution in [0.15, 0.2) is 59.5 Å². The maximum atomic E-state index is 12.2. The van der Waals surface area contributed by atoms with Gasteiger partial charge < -0.3 is 9.31 Å². The second-order valence-corrected chi connectivity index (χ2v) is 6.64. The number of sulfone groups is 1. The van der Waals surface area contributed by atoms with E-state index in [2.05, 4.69) is 0 Å². The van der Waals surface area contributed by atoms with Crippen LogP contribution in [-0.2, 0) is 9.84 Å². The van der Waals surface area contributed by atoms with Crippen molar-refractivity contribution in [3.8, 4) is 11.5 Å². The molecule has 2 aromatic rings. The van der Waals surface area contributed by atoms with Crippen molar-refractivity contribution in [3.63, 3.8) is 0 Å². The summed E-state index contributed by atoms with van der Waals surface area (Å²) in [5.41, 5.74) is 0. The van der Waals surface area contributed by atoms with Gasteiger partial charge in [0.25, 0.3) is 0 Å². The molecule has 0 amide bonds. The molecule has 0 unspecified atom stereocenters. The Hall–Kier alpha value is -1.95. The first kappa shape index (κ1) is 13.1. The molecule has 20 heavy (non-hydrogen) atoms. The Balaban J connectivity index is 1.64. The molecular weight excluding hydrogens is 275 g/mol. The summed E-state index contributed by atoms with van der Waals surface area (Å²) in [5, 5.41) is 0. The fraction of sp³-hybridized carbons (Fsp3) is 0.143. The van der Waals surface area contributed by atoms with Crippen LogP contribution in [0.3, 0.4) is 0 Å². The second kappa shape index (κ2) is 5.21. The van der Waals surface area contributed by atoms with Crippen LogP contribution >= 0.6 is 0 Å². The van der Waals surface area contributed by atoms with E-state index in [1.807, 2.05) is 12.1 Å².